The van der Waals surface area contributed by atoms with Crippen LogP contribution in [0.25, 0.3) is 0 Å². The molecule has 4 unspecified atom stereocenters. The maximum absolute atomic E-state index is 5.90. The number of rotatable bonds is 4. The number of hydrogen-bond acceptors (Lipinski definition) is 3. The van der Waals surface area contributed by atoms with Crippen LogP contribution >= 0.6 is 0 Å². The highest BCUT2D eigenvalue weighted by Gasteiger charge is 2.36. The van der Waals surface area contributed by atoms with Crippen LogP contribution in [0.4, 0.5) is 0 Å². The molecule has 2 aliphatic carbocycles. The fourth-order valence-corrected chi connectivity index (χ4v) is 3.89. The molecule has 2 aliphatic rings. The van der Waals surface area contributed by atoms with Gasteiger partial charge in [0.25, 0.3) is 0 Å². The third-order valence-electron chi connectivity index (χ3n) is 4.94. The molecule has 17 heavy (non-hydrogen) atoms. The first-order chi connectivity index (χ1) is 8.27. The second kappa shape index (κ2) is 6.17. The Morgan fingerprint density at radius 3 is 2.47 bits per heavy atom. The number of nitrogens with zero attached hydrogens (tertiary/aromatic N) is 1. The fourth-order valence-electron chi connectivity index (χ4n) is 3.89. The number of nitrogens with two attached hydrogens (primary N) is 1. The summed E-state index contributed by atoms with van der Waals surface area (Å²) in [7, 11) is 4.16. The van der Waals surface area contributed by atoms with E-state index >= 15 is 0 Å². The molecule has 2 saturated carbocycles. The van der Waals surface area contributed by atoms with Gasteiger partial charge in [0.2, 0.25) is 0 Å². The number of likely N-dealkylation sites (N-methyl/N-ethyl adjacent to an activating group) is 1. The van der Waals surface area contributed by atoms with Gasteiger partial charge in [-0.3, -0.25) is 4.90 Å². The van der Waals surface area contributed by atoms with Crippen LogP contribution in [0.2, 0.25) is 0 Å². The van der Waals surface area contributed by atoms with Gasteiger partial charge in [-0.15, -0.1) is 0 Å². The predicted octanol–water partition coefficient (Wildman–Crippen LogP) is 2.00. The van der Waals surface area contributed by atoms with Gasteiger partial charge in [0.05, 0.1) is 6.10 Å². The molecule has 3 heteroatoms. The van der Waals surface area contributed by atoms with Crippen molar-refractivity contribution in [3.8, 4) is 0 Å². The second-order valence-corrected chi connectivity index (χ2v) is 5.79. The Balaban J connectivity index is 1.99. The average Bonchev–Trinajstić information content (AvgIpc) is 2.86. The van der Waals surface area contributed by atoms with Gasteiger partial charge in [0.1, 0.15) is 0 Å². The van der Waals surface area contributed by atoms with E-state index < -0.39 is 0 Å². The lowest BCUT2D eigenvalue weighted by Crippen LogP contribution is -2.50. The van der Waals surface area contributed by atoms with Crippen molar-refractivity contribution in [1.29, 1.82) is 0 Å². The zero-order chi connectivity index (χ0) is 12.3. The smallest absolute Gasteiger partial charge is 0.0726 e. The van der Waals surface area contributed by atoms with Crippen LogP contribution in [-0.4, -0.2) is 43.8 Å². The Kier molecular flexibility index (Phi) is 4.83. The van der Waals surface area contributed by atoms with E-state index in [1.54, 1.807) is 0 Å². The van der Waals surface area contributed by atoms with E-state index in [1.807, 2.05) is 7.11 Å². The Morgan fingerprint density at radius 2 is 1.76 bits per heavy atom. The van der Waals surface area contributed by atoms with Crippen molar-refractivity contribution < 1.29 is 4.74 Å². The lowest BCUT2D eigenvalue weighted by atomic mass is 9.89. The highest BCUT2D eigenvalue weighted by Crippen LogP contribution is 2.33. The minimum Gasteiger partial charge on any atom is -0.380 e. The third-order valence-corrected chi connectivity index (χ3v) is 4.94. The molecule has 2 rings (SSSR count). The molecule has 0 spiro atoms. The van der Waals surface area contributed by atoms with Crippen molar-refractivity contribution in [2.24, 2.45) is 11.7 Å². The van der Waals surface area contributed by atoms with Crippen LogP contribution in [-0.2, 0) is 4.74 Å². The first-order valence-corrected chi connectivity index (χ1v) is 7.22. The molecule has 0 amide bonds. The molecule has 0 radical (unpaired) electrons. The highest BCUT2D eigenvalue weighted by atomic mass is 16.5. The molecule has 0 aromatic heterocycles. The van der Waals surface area contributed by atoms with E-state index in [-0.39, 0.29) is 0 Å². The summed E-state index contributed by atoms with van der Waals surface area (Å²) >= 11 is 0. The van der Waals surface area contributed by atoms with E-state index in [1.165, 1.54) is 44.9 Å². The van der Waals surface area contributed by atoms with Crippen LogP contribution in [0, 0.1) is 5.92 Å². The molecule has 0 heterocycles. The predicted molar refractivity (Wildman–Crippen MR) is 71.0 cm³/mol. The summed E-state index contributed by atoms with van der Waals surface area (Å²) in [4.78, 5) is 2.60. The van der Waals surface area contributed by atoms with Crippen LogP contribution in [0.1, 0.15) is 44.9 Å². The Hall–Kier alpha value is -0.120. The van der Waals surface area contributed by atoms with E-state index in [4.69, 9.17) is 10.5 Å². The minimum atomic E-state index is 0.438. The lowest BCUT2D eigenvalue weighted by Gasteiger charge is -2.41. The molecule has 4 atom stereocenters. The molecule has 0 aromatic carbocycles. The van der Waals surface area contributed by atoms with Crippen molar-refractivity contribution in [3.63, 3.8) is 0 Å². The molecule has 100 valence electrons. The van der Waals surface area contributed by atoms with Gasteiger partial charge >= 0.3 is 0 Å². The van der Waals surface area contributed by atoms with Gasteiger partial charge < -0.3 is 10.5 Å². The van der Waals surface area contributed by atoms with Crippen LogP contribution in [0.5, 0.6) is 0 Å². The highest BCUT2D eigenvalue weighted by molar-refractivity contribution is 4.91. The summed E-state index contributed by atoms with van der Waals surface area (Å²) in [5.41, 5.74) is 5.90. The normalized spacial score (nSPS) is 38.8. The SMILES string of the molecule is COC1CCCCC1N(C)C1CCCC1CN. The standard InChI is InChI=1S/C14H28N2O/c1-16(12-8-5-6-11(12)10-15)13-7-3-4-9-14(13)17-2/h11-14H,3-10,15H2,1-2H3. The first-order valence-electron chi connectivity index (χ1n) is 7.22. The number of hydrogen-bond donors (Lipinski definition) is 1. The van der Waals surface area contributed by atoms with Gasteiger partial charge in [-0.25, -0.2) is 0 Å². The van der Waals surface area contributed by atoms with Crippen LogP contribution < -0.4 is 5.73 Å². The van der Waals surface area contributed by atoms with Crippen LogP contribution in [0.15, 0.2) is 0 Å². The molecule has 2 N–H and O–H groups in total. The van der Waals surface area contributed by atoms with Gasteiger partial charge in [0, 0.05) is 19.2 Å². The Labute approximate surface area is 106 Å². The first kappa shape index (κ1) is 13.3. The van der Waals surface area contributed by atoms with Crippen molar-refractivity contribution in [3.05, 3.63) is 0 Å². The largest absolute Gasteiger partial charge is 0.380 e. The summed E-state index contributed by atoms with van der Waals surface area (Å²) in [6.45, 7) is 0.847. The van der Waals surface area contributed by atoms with E-state index in [0.29, 0.717) is 24.1 Å². The third kappa shape index (κ3) is 2.83. The lowest BCUT2D eigenvalue weighted by molar-refractivity contribution is -0.0213. The summed E-state index contributed by atoms with van der Waals surface area (Å²) in [5, 5.41) is 0. The van der Waals surface area contributed by atoms with Gasteiger partial charge in [-0.05, 0) is 45.2 Å². The topological polar surface area (TPSA) is 38.5 Å². The van der Waals surface area contributed by atoms with Crippen molar-refractivity contribution in [2.45, 2.75) is 63.1 Å². The molecule has 0 aromatic rings. The van der Waals surface area contributed by atoms with E-state index in [9.17, 15) is 0 Å². The molecule has 0 saturated heterocycles. The zero-order valence-electron chi connectivity index (χ0n) is 11.4. The average molecular weight is 240 g/mol. The Bertz CT molecular complexity index is 234. The second-order valence-electron chi connectivity index (χ2n) is 5.79. The van der Waals surface area contributed by atoms with Gasteiger partial charge in [-0.1, -0.05) is 19.3 Å². The summed E-state index contributed by atoms with van der Waals surface area (Å²) in [5.74, 6) is 0.708. The van der Waals surface area contributed by atoms with E-state index in [2.05, 4.69) is 11.9 Å². The summed E-state index contributed by atoms with van der Waals surface area (Å²) in [6.07, 6.45) is 9.63. The van der Waals surface area contributed by atoms with Crippen molar-refractivity contribution in [1.82, 2.24) is 4.90 Å². The molecular formula is C14H28N2O. The number of methoxy groups -OCH3 is 1. The van der Waals surface area contributed by atoms with Crippen molar-refractivity contribution in [2.75, 3.05) is 20.7 Å². The molecule has 3 nitrogen and oxygen atoms in total. The van der Waals surface area contributed by atoms with E-state index in [0.717, 1.165) is 6.54 Å². The van der Waals surface area contributed by atoms with Crippen LogP contribution in [0.3, 0.4) is 0 Å². The molecular weight excluding hydrogens is 212 g/mol. The maximum Gasteiger partial charge on any atom is 0.0726 e. The van der Waals surface area contributed by atoms with Gasteiger partial charge in [0.15, 0.2) is 0 Å². The molecule has 2 fully saturated rings. The fraction of sp³-hybridized carbons (Fsp3) is 1.00. The number of ether oxygens (including phenoxy) is 1. The summed E-state index contributed by atoms with van der Waals surface area (Å²) < 4.78 is 5.68. The van der Waals surface area contributed by atoms with Crippen molar-refractivity contribution >= 4 is 0 Å². The van der Waals surface area contributed by atoms with Gasteiger partial charge in [-0.2, -0.15) is 0 Å². The minimum absolute atomic E-state index is 0.438. The molecule has 0 bridgehead atoms. The summed E-state index contributed by atoms with van der Waals surface area (Å²) in [6, 6.07) is 1.31. The molecule has 0 aliphatic heterocycles. The quantitative estimate of drug-likeness (QED) is 0.817. The Morgan fingerprint density at radius 1 is 1.06 bits per heavy atom. The monoisotopic (exact) mass is 240 g/mol. The maximum atomic E-state index is 5.90. The zero-order valence-corrected chi connectivity index (χ0v) is 11.4.